The Morgan fingerprint density at radius 2 is 1.07 bits per heavy atom. The van der Waals surface area contributed by atoms with E-state index in [1.54, 1.807) is 0 Å². The molecule has 0 spiro atoms. The Balaban J connectivity index is -0.000000148. The first-order valence-electron chi connectivity index (χ1n) is 6.85. The van der Waals surface area contributed by atoms with Crippen LogP contribution in [0.5, 0.6) is 0 Å². The van der Waals surface area contributed by atoms with Crippen molar-refractivity contribution in [1.82, 2.24) is 0 Å². The average Bonchev–Trinajstić information content (AvgIpc) is 2.77. The lowest BCUT2D eigenvalue weighted by atomic mass is 10.1. The molecular formula is C14H34. The second-order valence-corrected chi connectivity index (χ2v) is 3.27. The van der Waals surface area contributed by atoms with Crippen molar-refractivity contribution in [3.8, 4) is 0 Å². The molecule has 0 N–H and O–H groups in total. The standard InChI is InChI=1S/C7H14.C3H8.2C2H6/c1-2-7-5-3-4-6-7;1-3-2;2*1-2/h7H,2-6H2,1H3;3H2,1-2H3;2*1-2H3. The van der Waals surface area contributed by atoms with Crippen molar-refractivity contribution < 1.29 is 0 Å². The van der Waals surface area contributed by atoms with Crippen LogP contribution in [0.3, 0.4) is 0 Å². The summed E-state index contributed by atoms with van der Waals surface area (Å²) in [5.74, 6) is 1.10. The van der Waals surface area contributed by atoms with Gasteiger partial charge in [0, 0.05) is 0 Å². The van der Waals surface area contributed by atoms with Gasteiger partial charge in [0.1, 0.15) is 0 Å². The Morgan fingerprint density at radius 3 is 1.21 bits per heavy atom. The van der Waals surface area contributed by atoms with Crippen molar-refractivity contribution in [2.45, 2.75) is 87.0 Å². The van der Waals surface area contributed by atoms with Gasteiger partial charge in [0.2, 0.25) is 0 Å². The molecule has 1 saturated carbocycles. The van der Waals surface area contributed by atoms with Gasteiger partial charge in [0.25, 0.3) is 0 Å². The fraction of sp³-hybridized carbons (Fsp3) is 1.00. The van der Waals surface area contributed by atoms with E-state index in [9.17, 15) is 0 Å². The number of hydrogen-bond donors (Lipinski definition) is 0. The molecule has 0 aromatic carbocycles. The Bertz CT molecular complexity index is 51.1. The van der Waals surface area contributed by atoms with Crippen molar-refractivity contribution in [1.29, 1.82) is 0 Å². The highest BCUT2D eigenvalue weighted by molar-refractivity contribution is 4.64. The Labute approximate surface area is 93.5 Å². The quantitative estimate of drug-likeness (QED) is 0.485. The van der Waals surface area contributed by atoms with Crippen LogP contribution in [0.25, 0.3) is 0 Å². The molecule has 90 valence electrons. The molecule has 0 saturated heterocycles. The summed E-state index contributed by atoms with van der Waals surface area (Å²) in [7, 11) is 0. The predicted molar refractivity (Wildman–Crippen MR) is 70.9 cm³/mol. The van der Waals surface area contributed by atoms with Crippen LogP contribution < -0.4 is 0 Å². The highest BCUT2D eigenvalue weighted by Crippen LogP contribution is 2.26. The van der Waals surface area contributed by atoms with Crippen LogP contribution in [0.15, 0.2) is 0 Å². The van der Waals surface area contributed by atoms with E-state index >= 15 is 0 Å². The minimum absolute atomic E-state index is 1.10. The van der Waals surface area contributed by atoms with Crippen molar-refractivity contribution in [3.05, 3.63) is 0 Å². The van der Waals surface area contributed by atoms with Crippen LogP contribution >= 0.6 is 0 Å². The molecule has 14 heavy (non-hydrogen) atoms. The second kappa shape index (κ2) is 23.1. The van der Waals surface area contributed by atoms with Gasteiger partial charge in [-0.3, -0.25) is 0 Å². The van der Waals surface area contributed by atoms with E-state index < -0.39 is 0 Å². The van der Waals surface area contributed by atoms with Crippen molar-refractivity contribution in [3.63, 3.8) is 0 Å². The molecule has 0 heterocycles. The minimum atomic E-state index is 1.10. The van der Waals surface area contributed by atoms with Gasteiger partial charge in [0.05, 0.1) is 0 Å². The molecule has 0 aliphatic heterocycles. The monoisotopic (exact) mass is 202 g/mol. The molecule has 1 aliphatic carbocycles. The van der Waals surface area contributed by atoms with Crippen LogP contribution in [0.1, 0.15) is 87.0 Å². The highest BCUT2D eigenvalue weighted by Gasteiger charge is 2.11. The third-order valence-corrected chi connectivity index (χ3v) is 2.05. The zero-order chi connectivity index (χ0) is 11.8. The van der Waals surface area contributed by atoms with Crippen molar-refractivity contribution >= 4 is 0 Å². The summed E-state index contributed by atoms with van der Waals surface area (Å²) in [6, 6.07) is 0. The molecule has 0 unspecified atom stereocenters. The van der Waals surface area contributed by atoms with Crippen molar-refractivity contribution in [2.75, 3.05) is 0 Å². The van der Waals surface area contributed by atoms with Crippen molar-refractivity contribution in [2.24, 2.45) is 5.92 Å². The van der Waals surface area contributed by atoms with E-state index in [-0.39, 0.29) is 0 Å². The van der Waals surface area contributed by atoms with Gasteiger partial charge in [-0.1, -0.05) is 87.0 Å². The zero-order valence-corrected chi connectivity index (χ0v) is 11.8. The molecular weight excluding hydrogens is 168 g/mol. The summed E-state index contributed by atoms with van der Waals surface area (Å²) < 4.78 is 0. The molecule has 1 fully saturated rings. The molecule has 0 radical (unpaired) electrons. The van der Waals surface area contributed by atoms with E-state index in [0.29, 0.717) is 0 Å². The van der Waals surface area contributed by atoms with Gasteiger partial charge >= 0.3 is 0 Å². The topological polar surface area (TPSA) is 0 Å². The number of rotatable bonds is 1. The van der Waals surface area contributed by atoms with E-state index in [4.69, 9.17) is 0 Å². The number of hydrogen-bond acceptors (Lipinski definition) is 0. The average molecular weight is 202 g/mol. The summed E-state index contributed by atoms with van der Waals surface area (Å²) in [5.41, 5.74) is 0. The lowest BCUT2D eigenvalue weighted by molar-refractivity contribution is 0.531. The summed E-state index contributed by atoms with van der Waals surface area (Å²) in [6.07, 6.45) is 8.68. The first-order valence-corrected chi connectivity index (χ1v) is 6.85. The van der Waals surface area contributed by atoms with Gasteiger partial charge in [0.15, 0.2) is 0 Å². The van der Waals surface area contributed by atoms with E-state index in [0.717, 1.165) is 5.92 Å². The third kappa shape index (κ3) is 17.9. The highest BCUT2D eigenvalue weighted by atomic mass is 14.2. The second-order valence-electron chi connectivity index (χ2n) is 3.27. The summed E-state index contributed by atoms with van der Waals surface area (Å²) in [6.45, 7) is 14.6. The predicted octanol–water partition coefficient (Wildman–Crippen LogP) is 6.06. The fourth-order valence-electron chi connectivity index (χ4n) is 1.42. The SMILES string of the molecule is CC.CC.CCC.CCC1CCCC1. The maximum atomic E-state index is 2.30. The third-order valence-electron chi connectivity index (χ3n) is 2.05. The molecule has 0 amide bonds. The zero-order valence-electron chi connectivity index (χ0n) is 11.8. The first-order chi connectivity index (χ1) is 6.85. The van der Waals surface area contributed by atoms with Gasteiger partial charge in [-0.25, -0.2) is 0 Å². The van der Waals surface area contributed by atoms with E-state index in [2.05, 4.69) is 20.8 Å². The van der Waals surface area contributed by atoms with Gasteiger partial charge in [-0.05, 0) is 5.92 Å². The Morgan fingerprint density at radius 1 is 0.786 bits per heavy atom. The first kappa shape index (κ1) is 19.6. The lowest BCUT2D eigenvalue weighted by Gasteiger charge is -1.99. The summed E-state index contributed by atoms with van der Waals surface area (Å²) in [5, 5.41) is 0. The minimum Gasteiger partial charge on any atom is -0.0683 e. The molecule has 0 atom stereocenters. The van der Waals surface area contributed by atoms with E-state index in [1.165, 1.54) is 38.5 Å². The molecule has 1 rings (SSSR count). The smallest absolute Gasteiger partial charge is 0.0417 e. The normalized spacial score (nSPS) is 13.9. The maximum absolute atomic E-state index is 2.30. The van der Waals surface area contributed by atoms with Crippen LogP contribution in [0.4, 0.5) is 0 Å². The fourth-order valence-corrected chi connectivity index (χ4v) is 1.42. The van der Waals surface area contributed by atoms with Gasteiger partial charge in [-0.15, -0.1) is 0 Å². The van der Waals surface area contributed by atoms with Gasteiger partial charge < -0.3 is 0 Å². The van der Waals surface area contributed by atoms with Crippen LogP contribution in [-0.4, -0.2) is 0 Å². The van der Waals surface area contributed by atoms with Gasteiger partial charge in [-0.2, -0.15) is 0 Å². The molecule has 0 bridgehead atoms. The molecule has 0 aromatic heterocycles. The molecule has 1 aliphatic rings. The van der Waals surface area contributed by atoms with Crippen LogP contribution in [0.2, 0.25) is 0 Å². The molecule has 0 aromatic rings. The summed E-state index contributed by atoms with van der Waals surface area (Å²) >= 11 is 0. The molecule has 0 nitrogen and oxygen atoms in total. The summed E-state index contributed by atoms with van der Waals surface area (Å²) in [4.78, 5) is 0. The van der Waals surface area contributed by atoms with Crippen LogP contribution in [-0.2, 0) is 0 Å². The Kier molecular flexibility index (Phi) is 32.3. The Hall–Kier alpha value is 0. The van der Waals surface area contributed by atoms with E-state index in [1.807, 2.05) is 27.7 Å². The largest absolute Gasteiger partial charge is 0.0683 e. The lowest BCUT2D eigenvalue weighted by Crippen LogP contribution is -1.86. The van der Waals surface area contributed by atoms with Crippen LogP contribution in [0, 0.1) is 5.92 Å². The molecule has 0 heteroatoms. The maximum Gasteiger partial charge on any atom is -0.0417 e.